The van der Waals surface area contributed by atoms with Crippen molar-refractivity contribution in [2.45, 2.75) is 18.7 Å². The summed E-state index contributed by atoms with van der Waals surface area (Å²) in [7, 11) is -3.45. The maximum Gasteiger partial charge on any atom is 0.251 e. The number of rotatable bonds is 6. The lowest BCUT2D eigenvalue weighted by Gasteiger charge is -2.10. The molecule has 0 aliphatic carbocycles. The second kappa shape index (κ2) is 8.65. The SMILES string of the molecule is Cc1ccc(-c2cc(C(=O)NCCS(=O)(=O)c3ccc(C)cc3)cc3sccc23)cc1. The summed E-state index contributed by atoms with van der Waals surface area (Å²) >= 11 is 1.58. The number of sulfone groups is 1. The summed E-state index contributed by atoms with van der Waals surface area (Å²) in [5.74, 6) is -0.420. The number of hydrogen-bond acceptors (Lipinski definition) is 4. The van der Waals surface area contributed by atoms with Crippen LogP contribution in [0.5, 0.6) is 0 Å². The third kappa shape index (κ3) is 4.70. The third-order valence-electron chi connectivity index (χ3n) is 5.23. The molecule has 4 rings (SSSR count). The smallest absolute Gasteiger partial charge is 0.251 e. The Hall–Kier alpha value is -2.96. The van der Waals surface area contributed by atoms with Crippen LogP contribution in [0.2, 0.25) is 0 Å². The molecule has 0 saturated heterocycles. The standard InChI is InChI=1S/C25H23NO3S2/c1-17-3-7-19(8-4-17)23-15-20(16-24-22(23)11-13-30-24)25(27)26-12-14-31(28,29)21-9-5-18(2)6-10-21/h3-11,13,15-16H,12,14H2,1-2H3,(H,26,27). The lowest BCUT2D eigenvalue weighted by molar-refractivity contribution is 0.0956. The van der Waals surface area contributed by atoms with E-state index in [1.54, 1.807) is 35.6 Å². The molecule has 1 N–H and O–H groups in total. The summed E-state index contributed by atoms with van der Waals surface area (Å²) in [6.45, 7) is 4.00. The van der Waals surface area contributed by atoms with Crippen molar-refractivity contribution in [3.8, 4) is 11.1 Å². The minimum atomic E-state index is -3.45. The van der Waals surface area contributed by atoms with Gasteiger partial charge in [-0.25, -0.2) is 8.42 Å². The molecule has 0 bridgehead atoms. The summed E-state index contributed by atoms with van der Waals surface area (Å²) in [5, 5.41) is 5.88. The molecule has 31 heavy (non-hydrogen) atoms. The fraction of sp³-hybridized carbons (Fsp3) is 0.160. The molecule has 0 unspecified atom stereocenters. The monoisotopic (exact) mass is 449 g/mol. The molecule has 0 radical (unpaired) electrons. The molecule has 1 aromatic heterocycles. The van der Waals surface area contributed by atoms with Crippen LogP contribution in [-0.4, -0.2) is 26.6 Å². The van der Waals surface area contributed by atoms with Gasteiger partial charge >= 0.3 is 0 Å². The second-order valence-corrected chi connectivity index (χ2v) is 10.7. The van der Waals surface area contributed by atoms with Crippen molar-refractivity contribution in [2.75, 3.05) is 12.3 Å². The van der Waals surface area contributed by atoms with Gasteiger partial charge in [0.05, 0.1) is 10.6 Å². The number of nitrogens with one attached hydrogen (secondary N) is 1. The molecule has 0 atom stereocenters. The van der Waals surface area contributed by atoms with Gasteiger partial charge in [-0.05, 0) is 60.7 Å². The quantitative estimate of drug-likeness (QED) is 0.429. The molecule has 4 aromatic rings. The van der Waals surface area contributed by atoms with Crippen LogP contribution in [0, 0.1) is 13.8 Å². The van der Waals surface area contributed by atoms with Crippen molar-refractivity contribution in [2.24, 2.45) is 0 Å². The third-order valence-corrected chi connectivity index (χ3v) is 7.83. The van der Waals surface area contributed by atoms with Crippen molar-refractivity contribution >= 4 is 37.2 Å². The highest BCUT2D eigenvalue weighted by atomic mass is 32.2. The number of carbonyl (C=O) groups is 1. The van der Waals surface area contributed by atoms with Gasteiger partial charge in [0.2, 0.25) is 0 Å². The number of fused-ring (bicyclic) bond motifs is 1. The van der Waals surface area contributed by atoms with Crippen molar-refractivity contribution in [3.63, 3.8) is 0 Å². The Balaban J connectivity index is 1.53. The molecule has 0 aliphatic rings. The molecule has 158 valence electrons. The molecule has 3 aromatic carbocycles. The van der Waals surface area contributed by atoms with Crippen molar-refractivity contribution in [1.82, 2.24) is 5.32 Å². The normalized spacial score (nSPS) is 11.5. The molecule has 6 heteroatoms. The van der Waals surface area contributed by atoms with Gasteiger partial charge in [-0.15, -0.1) is 11.3 Å². The largest absolute Gasteiger partial charge is 0.351 e. The summed E-state index contributed by atoms with van der Waals surface area (Å²) in [6, 6.07) is 20.8. The maximum atomic E-state index is 12.8. The topological polar surface area (TPSA) is 63.2 Å². The Morgan fingerprint density at radius 2 is 1.55 bits per heavy atom. The van der Waals surface area contributed by atoms with E-state index in [2.05, 4.69) is 35.6 Å². The molecule has 0 aliphatic heterocycles. The predicted octanol–water partition coefficient (Wildman–Crippen LogP) is 5.39. The first-order valence-electron chi connectivity index (χ1n) is 9.99. The van der Waals surface area contributed by atoms with Gasteiger partial charge in [-0.2, -0.15) is 0 Å². The lowest BCUT2D eigenvalue weighted by atomic mass is 9.98. The predicted molar refractivity (Wildman–Crippen MR) is 128 cm³/mol. The Morgan fingerprint density at radius 1 is 0.903 bits per heavy atom. The molecule has 4 nitrogen and oxygen atoms in total. The molecule has 0 spiro atoms. The van der Waals surface area contributed by atoms with Gasteiger partial charge in [0.25, 0.3) is 5.91 Å². The number of carbonyl (C=O) groups excluding carboxylic acids is 1. The first kappa shape index (κ1) is 21.3. The molecule has 1 amide bonds. The second-order valence-electron chi connectivity index (χ2n) is 7.61. The van der Waals surface area contributed by atoms with Crippen LogP contribution in [0.4, 0.5) is 0 Å². The van der Waals surface area contributed by atoms with Crippen LogP contribution < -0.4 is 5.32 Å². The van der Waals surface area contributed by atoms with Crippen molar-refractivity contribution in [1.29, 1.82) is 0 Å². The maximum absolute atomic E-state index is 12.8. The summed E-state index contributed by atoms with van der Waals surface area (Å²) in [5.41, 5.74) is 4.75. The Kier molecular flexibility index (Phi) is 5.94. The van der Waals surface area contributed by atoms with Gasteiger partial charge in [0, 0.05) is 22.2 Å². The minimum absolute atomic E-state index is 0.0530. The Morgan fingerprint density at radius 3 is 2.23 bits per heavy atom. The van der Waals surface area contributed by atoms with E-state index in [4.69, 9.17) is 0 Å². The average Bonchev–Trinajstić information content (AvgIpc) is 3.22. The Bertz CT molecular complexity index is 1340. The van der Waals surface area contributed by atoms with Crippen molar-refractivity contribution < 1.29 is 13.2 Å². The van der Waals surface area contributed by atoms with Crippen LogP contribution in [0.1, 0.15) is 21.5 Å². The fourth-order valence-electron chi connectivity index (χ4n) is 3.44. The van der Waals surface area contributed by atoms with E-state index in [0.717, 1.165) is 26.8 Å². The van der Waals surface area contributed by atoms with Gasteiger partial charge < -0.3 is 5.32 Å². The molecule has 0 fully saturated rings. The molecule has 1 heterocycles. The number of amides is 1. The fourth-order valence-corrected chi connectivity index (χ4v) is 5.45. The van der Waals surface area contributed by atoms with E-state index in [9.17, 15) is 13.2 Å². The number of aryl methyl sites for hydroxylation is 2. The van der Waals surface area contributed by atoms with E-state index < -0.39 is 9.84 Å². The average molecular weight is 450 g/mol. The van der Waals surface area contributed by atoms with Gasteiger partial charge in [0.1, 0.15) is 0 Å². The molecular weight excluding hydrogens is 426 g/mol. The summed E-state index contributed by atoms with van der Waals surface area (Å²) in [4.78, 5) is 13.1. The van der Waals surface area contributed by atoms with Crippen molar-refractivity contribution in [3.05, 3.63) is 88.8 Å². The number of benzene rings is 3. The summed E-state index contributed by atoms with van der Waals surface area (Å²) in [6.07, 6.45) is 0. The highest BCUT2D eigenvalue weighted by Gasteiger charge is 2.16. The molecular formula is C25H23NO3S2. The molecule has 0 saturated carbocycles. The van der Waals surface area contributed by atoms with E-state index >= 15 is 0 Å². The zero-order chi connectivity index (χ0) is 22.0. The highest BCUT2D eigenvalue weighted by Crippen LogP contribution is 2.33. The lowest BCUT2D eigenvalue weighted by Crippen LogP contribution is -2.29. The van der Waals surface area contributed by atoms with Gasteiger partial charge in [-0.3, -0.25) is 4.79 Å². The van der Waals surface area contributed by atoms with Gasteiger partial charge in [-0.1, -0.05) is 47.5 Å². The van der Waals surface area contributed by atoms with E-state index in [1.165, 1.54) is 5.56 Å². The van der Waals surface area contributed by atoms with E-state index in [1.807, 2.05) is 31.4 Å². The van der Waals surface area contributed by atoms with Crippen LogP contribution in [0.3, 0.4) is 0 Å². The van der Waals surface area contributed by atoms with Crippen LogP contribution in [-0.2, 0) is 9.84 Å². The Labute approximate surface area is 186 Å². The zero-order valence-electron chi connectivity index (χ0n) is 17.4. The number of hydrogen-bond donors (Lipinski definition) is 1. The summed E-state index contributed by atoms with van der Waals surface area (Å²) < 4.78 is 26.1. The highest BCUT2D eigenvalue weighted by molar-refractivity contribution is 7.91. The van der Waals surface area contributed by atoms with E-state index in [0.29, 0.717) is 5.56 Å². The van der Waals surface area contributed by atoms with Crippen LogP contribution >= 0.6 is 11.3 Å². The zero-order valence-corrected chi connectivity index (χ0v) is 19.0. The minimum Gasteiger partial charge on any atom is -0.351 e. The first-order chi connectivity index (χ1) is 14.8. The van der Waals surface area contributed by atoms with E-state index in [-0.39, 0.29) is 23.1 Å². The van der Waals surface area contributed by atoms with Crippen LogP contribution in [0.15, 0.2) is 77.0 Å². The van der Waals surface area contributed by atoms with Gasteiger partial charge in [0.15, 0.2) is 9.84 Å². The number of thiophene rings is 1. The first-order valence-corrected chi connectivity index (χ1v) is 12.5. The van der Waals surface area contributed by atoms with Crippen LogP contribution in [0.25, 0.3) is 21.2 Å².